The smallest absolute Gasteiger partial charge is 0.316 e. The van der Waals surface area contributed by atoms with Gasteiger partial charge >= 0.3 is 12.4 Å². The summed E-state index contributed by atoms with van der Waals surface area (Å²) in [5.74, 6) is -0.562. The topological polar surface area (TPSA) is 43.4 Å². The number of hydrogen-bond donors (Lipinski definition) is 0. The van der Waals surface area contributed by atoms with Crippen LogP contribution in [0.5, 0.6) is 0 Å². The van der Waals surface area contributed by atoms with Gasteiger partial charge < -0.3 is 4.74 Å². The van der Waals surface area contributed by atoms with Gasteiger partial charge in [-0.2, -0.15) is 0 Å². The minimum Gasteiger partial charge on any atom is -0.395 e. The lowest BCUT2D eigenvalue weighted by atomic mass is 10.0. The summed E-state index contributed by atoms with van der Waals surface area (Å²) >= 11 is 0. The first kappa shape index (κ1) is 12.1. The van der Waals surface area contributed by atoms with Crippen molar-refractivity contribution in [2.45, 2.75) is 46.0 Å². The van der Waals surface area contributed by atoms with Crippen LogP contribution in [0.25, 0.3) is 0 Å². The molecular weight excluding hydrogens is 168 g/mol. The van der Waals surface area contributed by atoms with Gasteiger partial charge in [0.1, 0.15) is 0 Å². The zero-order valence-corrected chi connectivity index (χ0v) is 8.41. The number of carbonyl (C=O) groups is 2. The van der Waals surface area contributed by atoms with E-state index in [9.17, 15) is 9.59 Å². The fraction of sp³-hybridized carbons (Fsp3) is 0.800. The van der Waals surface area contributed by atoms with Gasteiger partial charge in [-0.25, -0.2) is 0 Å². The Morgan fingerprint density at radius 1 is 1.38 bits per heavy atom. The molecule has 0 bridgehead atoms. The molecule has 0 aromatic heterocycles. The van der Waals surface area contributed by atoms with Gasteiger partial charge in [0.2, 0.25) is 0 Å². The summed E-state index contributed by atoms with van der Waals surface area (Å²) < 4.78 is 4.24. The number of ether oxygens (including phenoxy) is 1. The molecule has 0 heterocycles. The van der Waals surface area contributed by atoms with Gasteiger partial charge in [0.25, 0.3) is 0 Å². The van der Waals surface area contributed by atoms with Crippen molar-refractivity contribution in [2.75, 3.05) is 0 Å². The Morgan fingerprint density at radius 2 is 2.08 bits per heavy atom. The Bertz CT molecular complexity index is 154. The third-order valence-corrected chi connectivity index (χ3v) is 2.06. The van der Waals surface area contributed by atoms with Crippen molar-refractivity contribution in [3.63, 3.8) is 0 Å². The highest BCUT2D eigenvalue weighted by Gasteiger charge is 2.12. The molecule has 0 radical (unpaired) electrons. The third kappa shape index (κ3) is 6.31. The first-order chi connectivity index (χ1) is 6.22. The van der Waals surface area contributed by atoms with Crippen LogP contribution in [0.1, 0.15) is 46.0 Å². The monoisotopic (exact) mass is 186 g/mol. The van der Waals surface area contributed by atoms with E-state index in [0.717, 1.165) is 19.3 Å². The summed E-state index contributed by atoms with van der Waals surface area (Å²) in [4.78, 5) is 20.8. The highest BCUT2D eigenvalue weighted by atomic mass is 16.6. The van der Waals surface area contributed by atoms with Gasteiger partial charge in [0.05, 0.1) is 5.92 Å². The molecular formula is C10H18O3. The second-order valence-electron chi connectivity index (χ2n) is 3.28. The van der Waals surface area contributed by atoms with E-state index in [1.54, 1.807) is 6.92 Å². The number of rotatable bonds is 7. The average Bonchev–Trinajstić information content (AvgIpc) is 2.12. The van der Waals surface area contributed by atoms with E-state index in [2.05, 4.69) is 11.7 Å². The maximum Gasteiger partial charge on any atom is 0.316 e. The van der Waals surface area contributed by atoms with Crippen molar-refractivity contribution >= 4 is 12.4 Å². The van der Waals surface area contributed by atoms with E-state index in [1.807, 2.05) is 0 Å². The van der Waals surface area contributed by atoms with Crippen LogP contribution in [0.4, 0.5) is 0 Å². The molecule has 0 saturated heterocycles. The summed E-state index contributed by atoms with van der Waals surface area (Å²) in [5.41, 5.74) is 0. The normalized spacial score (nSPS) is 12.2. The summed E-state index contributed by atoms with van der Waals surface area (Å²) in [6, 6.07) is 0. The summed E-state index contributed by atoms with van der Waals surface area (Å²) in [6.07, 6.45) is 5.38. The molecule has 0 aliphatic rings. The lowest BCUT2D eigenvalue weighted by molar-refractivity contribution is -0.154. The number of esters is 1. The van der Waals surface area contributed by atoms with Crippen LogP contribution >= 0.6 is 0 Å². The average molecular weight is 186 g/mol. The quantitative estimate of drug-likeness (QED) is 0.265. The van der Waals surface area contributed by atoms with E-state index in [-0.39, 0.29) is 12.4 Å². The van der Waals surface area contributed by atoms with Crippen molar-refractivity contribution in [1.82, 2.24) is 0 Å². The van der Waals surface area contributed by atoms with E-state index < -0.39 is 5.97 Å². The lowest BCUT2D eigenvalue weighted by Crippen LogP contribution is -2.13. The Morgan fingerprint density at radius 3 is 2.62 bits per heavy atom. The molecule has 0 saturated carbocycles. The molecule has 0 fully saturated rings. The van der Waals surface area contributed by atoms with Crippen LogP contribution in [-0.4, -0.2) is 12.4 Å². The van der Waals surface area contributed by atoms with Gasteiger partial charge in [-0.1, -0.05) is 39.5 Å². The SMILES string of the molecule is CCCCCCC(C)C(=O)OC=O. The van der Waals surface area contributed by atoms with E-state index in [1.165, 1.54) is 12.8 Å². The Balaban J connectivity index is 3.43. The largest absolute Gasteiger partial charge is 0.395 e. The van der Waals surface area contributed by atoms with Gasteiger partial charge in [-0.05, 0) is 6.42 Å². The molecule has 0 aromatic carbocycles. The van der Waals surface area contributed by atoms with E-state index in [4.69, 9.17) is 0 Å². The predicted octanol–water partition coefficient (Wildman–Crippen LogP) is 2.29. The predicted molar refractivity (Wildman–Crippen MR) is 50.1 cm³/mol. The number of hydrogen-bond acceptors (Lipinski definition) is 3. The highest BCUT2D eigenvalue weighted by Crippen LogP contribution is 2.11. The second-order valence-corrected chi connectivity index (χ2v) is 3.28. The Kier molecular flexibility index (Phi) is 7.26. The van der Waals surface area contributed by atoms with Gasteiger partial charge in [-0.3, -0.25) is 9.59 Å². The molecule has 3 heteroatoms. The Labute approximate surface area is 79.5 Å². The van der Waals surface area contributed by atoms with Crippen molar-refractivity contribution < 1.29 is 14.3 Å². The molecule has 0 aromatic rings. The second kappa shape index (κ2) is 7.77. The lowest BCUT2D eigenvalue weighted by Gasteiger charge is -2.06. The molecule has 0 aliphatic heterocycles. The molecule has 0 amide bonds. The summed E-state index contributed by atoms with van der Waals surface area (Å²) in [6.45, 7) is 4.13. The minimum atomic E-state index is -0.411. The van der Waals surface area contributed by atoms with Crippen LogP contribution in [0.3, 0.4) is 0 Å². The van der Waals surface area contributed by atoms with Gasteiger partial charge in [0.15, 0.2) is 0 Å². The van der Waals surface area contributed by atoms with Crippen molar-refractivity contribution in [2.24, 2.45) is 5.92 Å². The van der Waals surface area contributed by atoms with Crippen molar-refractivity contribution in [3.05, 3.63) is 0 Å². The van der Waals surface area contributed by atoms with Gasteiger partial charge in [0, 0.05) is 0 Å². The van der Waals surface area contributed by atoms with Crippen LogP contribution in [0, 0.1) is 5.92 Å². The zero-order chi connectivity index (χ0) is 10.1. The van der Waals surface area contributed by atoms with Crippen LogP contribution < -0.4 is 0 Å². The van der Waals surface area contributed by atoms with Crippen molar-refractivity contribution in [1.29, 1.82) is 0 Å². The molecule has 0 N–H and O–H groups in total. The van der Waals surface area contributed by atoms with Crippen LogP contribution in [0.15, 0.2) is 0 Å². The molecule has 76 valence electrons. The van der Waals surface area contributed by atoms with Crippen molar-refractivity contribution in [3.8, 4) is 0 Å². The molecule has 0 aliphatic carbocycles. The van der Waals surface area contributed by atoms with Crippen LogP contribution in [0.2, 0.25) is 0 Å². The molecule has 1 unspecified atom stereocenters. The summed E-state index contributed by atoms with van der Waals surface area (Å²) in [5, 5.41) is 0. The number of carbonyl (C=O) groups excluding carboxylic acids is 2. The summed E-state index contributed by atoms with van der Waals surface area (Å²) in [7, 11) is 0. The third-order valence-electron chi connectivity index (χ3n) is 2.06. The maximum atomic E-state index is 11.0. The highest BCUT2D eigenvalue weighted by molar-refractivity contribution is 5.78. The maximum absolute atomic E-state index is 11.0. The first-order valence-corrected chi connectivity index (χ1v) is 4.86. The molecule has 1 atom stereocenters. The van der Waals surface area contributed by atoms with E-state index >= 15 is 0 Å². The first-order valence-electron chi connectivity index (χ1n) is 4.86. The molecule has 0 spiro atoms. The molecule has 0 rings (SSSR count). The molecule has 3 nitrogen and oxygen atoms in total. The zero-order valence-electron chi connectivity index (χ0n) is 8.41. The van der Waals surface area contributed by atoms with Gasteiger partial charge in [-0.15, -0.1) is 0 Å². The molecule has 13 heavy (non-hydrogen) atoms. The Hall–Kier alpha value is -0.860. The van der Waals surface area contributed by atoms with Crippen LogP contribution in [-0.2, 0) is 14.3 Å². The van der Waals surface area contributed by atoms with E-state index in [0.29, 0.717) is 0 Å². The minimum absolute atomic E-state index is 0.151. The standard InChI is InChI=1S/C10H18O3/c1-3-4-5-6-7-9(2)10(12)13-8-11/h8-9H,3-7H2,1-2H3. The fourth-order valence-corrected chi connectivity index (χ4v) is 1.16. The number of unbranched alkanes of at least 4 members (excludes halogenated alkanes) is 3. The fourth-order valence-electron chi connectivity index (χ4n) is 1.16.